The van der Waals surface area contributed by atoms with Gasteiger partial charge in [0.05, 0.1) is 11.9 Å². The van der Waals surface area contributed by atoms with Crippen LogP contribution in [-0.2, 0) is 5.41 Å². The van der Waals surface area contributed by atoms with Gasteiger partial charge in [-0.3, -0.25) is 0 Å². The van der Waals surface area contributed by atoms with Crippen LogP contribution in [0.4, 0.5) is 5.82 Å². The zero-order valence-electron chi connectivity index (χ0n) is 14.4. The minimum absolute atomic E-state index is 0.0517. The number of hydrogen-bond acceptors (Lipinski definition) is 4. The fourth-order valence-electron chi connectivity index (χ4n) is 4.06. The molecule has 2 aromatic heterocycles. The summed E-state index contributed by atoms with van der Waals surface area (Å²) in [5.41, 5.74) is 7.96. The van der Waals surface area contributed by atoms with Crippen molar-refractivity contribution in [2.45, 2.75) is 69.9 Å². The van der Waals surface area contributed by atoms with Crippen LogP contribution >= 0.6 is 11.6 Å². The summed E-state index contributed by atoms with van der Waals surface area (Å²) < 4.78 is 1.83. The Morgan fingerprint density at radius 2 is 2.08 bits per heavy atom. The number of fused-ring (bicyclic) bond motifs is 1. The molecule has 0 saturated heterocycles. The van der Waals surface area contributed by atoms with E-state index in [0.717, 1.165) is 36.4 Å². The summed E-state index contributed by atoms with van der Waals surface area (Å²) in [6.45, 7) is 4.60. The van der Waals surface area contributed by atoms with Crippen LogP contribution in [0.25, 0.3) is 5.65 Å². The van der Waals surface area contributed by atoms with E-state index in [-0.39, 0.29) is 5.41 Å². The van der Waals surface area contributed by atoms with Crippen molar-refractivity contribution in [2.24, 2.45) is 11.7 Å². The minimum Gasteiger partial charge on any atom is -0.367 e. The van der Waals surface area contributed by atoms with Crippen molar-refractivity contribution < 1.29 is 0 Å². The quantitative estimate of drug-likeness (QED) is 0.883. The van der Waals surface area contributed by atoms with Crippen molar-refractivity contribution in [1.82, 2.24) is 14.6 Å². The average molecular weight is 348 g/mol. The molecular formula is C18H26ClN5. The van der Waals surface area contributed by atoms with Gasteiger partial charge in [-0.1, -0.05) is 31.9 Å². The molecule has 2 heterocycles. The van der Waals surface area contributed by atoms with Crippen molar-refractivity contribution in [3.63, 3.8) is 0 Å². The van der Waals surface area contributed by atoms with Crippen molar-refractivity contribution in [3.8, 4) is 0 Å². The van der Waals surface area contributed by atoms with E-state index in [0.29, 0.717) is 23.0 Å². The second kappa shape index (κ2) is 5.88. The molecule has 0 aromatic carbocycles. The molecule has 5 nitrogen and oxygen atoms in total. The molecule has 4 rings (SSSR count). The highest BCUT2D eigenvalue weighted by molar-refractivity contribution is 6.33. The molecule has 2 aliphatic carbocycles. The third-order valence-electron chi connectivity index (χ3n) is 6.04. The largest absolute Gasteiger partial charge is 0.367 e. The minimum atomic E-state index is 0.0517. The molecule has 6 heteroatoms. The lowest BCUT2D eigenvalue weighted by molar-refractivity contribution is 0.190. The molecule has 2 saturated carbocycles. The highest BCUT2D eigenvalue weighted by Crippen LogP contribution is 2.44. The van der Waals surface area contributed by atoms with Crippen LogP contribution in [0, 0.1) is 5.92 Å². The first-order chi connectivity index (χ1) is 11.4. The summed E-state index contributed by atoms with van der Waals surface area (Å²) in [6.07, 6.45) is 8.75. The molecule has 0 amide bonds. The average Bonchev–Trinajstić information content (AvgIpc) is 3.03. The number of hydrogen-bond donors (Lipinski definition) is 2. The first-order valence-corrected chi connectivity index (χ1v) is 9.40. The van der Waals surface area contributed by atoms with Gasteiger partial charge in [0.1, 0.15) is 10.8 Å². The molecule has 2 aromatic rings. The molecular weight excluding hydrogens is 322 g/mol. The Hall–Kier alpha value is -1.33. The number of anilines is 1. The van der Waals surface area contributed by atoms with E-state index in [4.69, 9.17) is 22.3 Å². The van der Waals surface area contributed by atoms with Crippen LogP contribution < -0.4 is 11.1 Å². The predicted molar refractivity (Wildman–Crippen MR) is 97.6 cm³/mol. The van der Waals surface area contributed by atoms with Crippen LogP contribution in [0.15, 0.2) is 12.3 Å². The maximum absolute atomic E-state index is 6.34. The standard InChI is InChI=1S/C18H26ClN5/c1-18(2,11-4-3-5-11)15-9-16(22-13-7-6-12(20)8-13)24-17(23-15)14(19)10-21-24/h9-13,22H,3-8,20H2,1-2H3/t12-,13-/m0/s1. The van der Waals surface area contributed by atoms with Crippen LogP contribution in [0.5, 0.6) is 0 Å². The molecule has 24 heavy (non-hydrogen) atoms. The van der Waals surface area contributed by atoms with Gasteiger partial charge in [-0.15, -0.1) is 0 Å². The SMILES string of the molecule is CC(C)(c1cc(N[C@H]2CC[C@H](N)C2)n2ncc(Cl)c2n1)C1CCC1. The van der Waals surface area contributed by atoms with Crippen molar-refractivity contribution in [3.05, 3.63) is 23.0 Å². The van der Waals surface area contributed by atoms with E-state index in [9.17, 15) is 0 Å². The van der Waals surface area contributed by atoms with Crippen molar-refractivity contribution in [1.29, 1.82) is 0 Å². The molecule has 3 N–H and O–H groups in total. The first-order valence-electron chi connectivity index (χ1n) is 9.02. The number of nitrogens with one attached hydrogen (secondary N) is 1. The summed E-state index contributed by atoms with van der Waals surface area (Å²) in [4.78, 5) is 4.86. The van der Waals surface area contributed by atoms with E-state index in [1.807, 2.05) is 4.52 Å². The third-order valence-corrected chi connectivity index (χ3v) is 6.31. The Bertz CT molecular complexity index is 749. The predicted octanol–water partition coefficient (Wildman–Crippen LogP) is 3.75. The maximum Gasteiger partial charge on any atom is 0.176 e. The molecule has 130 valence electrons. The normalized spacial score (nSPS) is 25.2. The summed E-state index contributed by atoms with van der Waals surface area (Å²) in [5.74, 6) is 1.68. The van der Waals surface area contributed by atoms with Gasteiger partial charge in [0.2, 0.25) is 0 Å². The van der Waals surface area contributed by atoms with Crippen LogP contribution in [0.2, 0.25) is 5.02 Å². The van der Waals surface area contributed by atoms with Crippen LogP contribution in [0.3, 0.4) is 0 Å². The first kappa shape index (κ1) is 16.2. The number of nitrogens with zero attached hydrogens (tertiary/aromatic N) is 3. The van der Waals surface area contributed by atoms with Gasteiger partial charge >= 0.3 is 0 Å². The van der Waals surface area contributed by atoms with Gasteiger partial charge in [0, 0.05) is 23.6 Å². The smallest absolute Gasteiger partial charge is 0.176 e. The molecule has 0 spiro atoms. The number of nitrogens with two attached hydrogens (primary N) is 1. The van der Waals surface area contributed by atoms with E-state index < -0.39 is 0 Å². The molecule has 0 aliphatic heterocycles. The molecule has 2 aliphatic rings. The Morgan fingerprint density at radius 1 is 1.29 bits per heavy atom. The van der Waals surface area contributed by atoms with Gasteiger partial charge in [0.25, 0.3) is 0 Å². The second-order valence-electron chi connectivity index (χ2n) is 8.02. The molecule has 0 bridgehead atoms. The summed E-state index contributed by atoms with van der Waals surface area (Å²) in [6, 6.07) is 2.86. The lowest BCUT2D eigenvalue weighted by Gasteiger charge is -2.40. The van der Waals surface area contributed by atoms with E-state index in [2.05, 4.69) is 30.3 Å². The Balaban J connectivity index is 1.74. The second-order valence-corrected chi connectivity index (χ2v) is 8.43. The highest BCUT2D eigenvalue weighted by atomic mass is 35.5. The fraction of sp³-hybridized carbons (Fsp3) is 0.667. The zero-order valence-corrected chi connectivity index (χ0v) is 15.2. The molecule has 2 atom stereocenters. The monoisotopic (exact) mass is 347 g/mol. The number of aromatic nitrogens is 3. The summed E-state index contributed by atoms with van der Waals surface area (Å²) in [5, 5.41) is 8.65. The third kappa shape index (κ3) is 2.68. The highest BCUT2D eigenvalue weighted by Gasteiger charge is 2.37. The van der Waals surface area contributed by atoms with Crippen LogP contribution in [0.1, 0.15) is 58.1 Å². The topological polar surface area (TPSA) is 68.2 Å². The lowest BCUT2D eigenvalue weighted by atomic mass is 9.66. The van der Waals surface area contributed by atoms with Gasteiger partial charge in [0.15, 0.2) is 5.65 Å². The van der Waals surface area contributed by atoms with Gasteiger partial charge in [-0.25, -0.2) is 4.98 Å². The van der Waals surface area contributed by atoms with E-state index >= 15 is 0 Å². The fourth-order valence-corrected chi connectivity index (χ4v) is 4.23. The Kier molecular flexibility index (Phi) is 3.96. The number of halogens is 1. The van der Waals surface area contributed by atoms with Gasteiger partial charge in [-0.05, 0) is 38.0 Å². The van der Waals surface area contributed by atoms with Crippen LogP contribution in [-0.4, -0.2) is 26.7 Å². The Morgan fingerprint density at radius 3 is 2.71 bits per heavy atom. The van der Waals surface area contributed by atoms with Gasteiger partial charge in [-0.2, -0.15) is 9.61 Å². The molecule has 0 unspecified atom stereocenters. The molecule has 0 radical (unpaired) electrons. The van der Waals surface area contributed by atoms with Crippen molar-refractivity contribution in [2.75, 3.05) is 5.32 Å². The molecule has 2 fully saturated rings. The van der Waals surface area contributed by atoms with E-state index in [1.165, 1.54) is 19.3 Å². The van der Waals surface area contributed by atoms with E-state index in [1.54, 1.807) is 6.20 Å². The zero-order chi connectivity index (χ0) is 16.9. The summed E-state index contributed by atoms with van der Waals surface area (Å²) in [7, 11) is 0. The Labute approximate surface area is 148 Å². The number of rotatable bonds is 4. The van der Waals surface area contributed by atoms with Gasteiger partial charge < -0.3 is 11.1 Å². The van der Waals surface area contributed by atoms with Crippen molar-refractivity contribution >= 4 is 23.1 Å². The maximum atomic E-state index is 6.34. The summed E-state index contributed by atoms with van der Waals surface area (Å²) >= 11 is 6.34. The lowest BCUT2D eigenvalue weighted by Crippen LogP contribution is -2.35.